The first kappa shape index (κ1) is 12.8. The standard InChI is InChI=1S/C13H16B2N3O/c1-10-3-2-4-11(5-10)16-12(19)15-18-8-13(9-18)6-17(14)7-13/h2-5H,6-9H2,1H3,(H,16,19). The Bertz CT molecular complexity index is 494. The van der Waals surface area contributed by atoms with Gasteiger partial charge in [0.15, 0.2) is 13.8 Å². The molecule has 4 nitrogen and oxygen atoms in total. The van der Waals surface area contributed by atoms with Crippen molar-refractivity contribution in [3.63, 3.8) is 0 Å². The number of carbonyl (C=O) groups excluding carboxylic acids is 1. The molecule has 0 bridgehead atoms. The third-order valence-corrected chi connectivity index (χ3v) is 3.74. The number of hydrogen-bond donors (Lipinski definition) is 1. The van der Waals surface area contributed by atoms with E-state index >= 15 is 0 Å². The fourth-order valence-electron chi connectivity index (χ4n) is 2.99. The molecule has 1 amide bonds. The number of rotatable bonds is 3. The summed E-state index contributed by atoms with van der Waals surface area (Å²) in [6.45, 7) is 5.76. The van der Waals surface area contributed by atoms with Crippen LogP contribution in [0.3, 0.4) is 0 Å². The normalized spacial score (nSPS) is 21.5. The van der Waals surface area contributed by atoms with E-state index in [0.717, 1.165) is 37.4 Å². The van der Waals surface area contributed by atoms with Crippen LogP contribution in [-0.4, -0.2) is 57.0 Å². The maximum absolute atomic E-state index is 11.9. The second-order valence-corrected chi connectivity index (χ2v) is 5.80. The number of benzene rings is 1. The summed E-state index contributed by atoms with van der Waals surface area (Å²) in [5.74, 6) is -0.0654. The Morgan fingerprint density at radius 1 is 1.37 bits per heavy atom. The van der Waals surface area contributed by atoms with E-state index in [9.17, 15) is 4.79 Å². The van der Waals surface area contributed by atoms with Gasteiger partial charge >= 0.3 is 7.41 Å². The van der Waals surface area contributed by atoms with E-state index in [1.54, 1.807) is 7.41 Å². The molecule has 0 saturated carbocycles. The number of amides is 1. The van der Waals surface area contributed by atoms with Crippen LogP contribution in [0.1, 0.15) is 5.56 Å². The fraction of sp³-hybridized carbons (Fsp3) is 0.462. The SMILES string of the molecule is [B]N1CC2(C1)CN([B]C(=O)Nc1cccc(C)c1)C2. The Hall–Kier alpha value is -1.26. The molecule has 1 N–H and O–H groups in total. The van der Waals surface area contributed by atoms with Crippen molar-refractivity contribution >= 4 is 26.9 Å². The van der Waals surface area contributed by atoms with Crippen molar-refractivity contribution in [2.45, 2.75) is 6.92 Å². The lowest BCUT2D eigenvalue weighted by Crippen LogP contribution is -2.72. The summed E-state index contributed by atoms with van der Waals surface area (Å²) in [6.07, 6.45) is 0. The van der Waals surface area contributed by atoms with Crippen LogP contribution < -0.4 is 5.32 Å². The molecule has 1 spiro atoms. The number of hydrogen-bond acceptors (Lipinski definition) is 3. The molecule has 0 unspecified atom stereocenters. The monoisotopic (exact) mass is 252 g/mol. The third kappa shape index (κ3) is 2.69. The second-order valence-electron chi connectivity index (χ2n) is 5.80. The van der Waals surface area contributed by atoms with E-state index < -0.39 is 0 Å². The van der Waals surface area contributed by atoms with Gasteiger partial charge in [-0.05, 0) is 50.8 Å². The number of nitrogens with one attached hydrogen (secondary N) is 1. The summed E-state index contributed by atoms with van der Waals surface area (Å²) in [7, 11) is 7.31. The predicted molar refractivity (Wildman–Crippen MR) is 77.3 cm³/mol. The summed E-state index contributed by atoms with van der Waals surface area (Å²) in [6, 6.07) is 7.80. The van der Waals surface area contributed by atoms with Crippen LogP contribution in [0.15, 0.2) is 24.3 Å². The molecule has 2 fully saturated rings. The van der Waals surface area contributed by atoms with Gasteiger partial charge in [-0.25, -0.2) is 0 Å². The zero-order chi connectivity index (χ0) is 13.5. The van der Waals surface area contributed by atoms with Gasteiger partial charge in [0.2, 0.25) is 0 Å². The summed E-state index contributed by atoms with van der Waals surface area (Å²) in [5, 5.41) is 2.88. The molecule has 0 aromatic heterocycles. The van der Waals surface area contributed by atoms with Gasteiger partial charge < -0.3 is 14.9 Å². The topological polar surface area (TPSA) is 35.6 Å². The fourth-order valence-corrected chi connectivity index (χ4v) is 2.99. The second kappa shape index (κ2) is 4.69. The van der Waals surface area contributed by atoms with Crippen LogP contribution in [0, 0.1) is 12.3 Å². The highest BCUT2D eigenvalue weighted by atomic mass is 16.1. The van der Waals surface area contributed by atoms with Gasteiger partial charge in [-0.15, -0.1) is 0 Å². The third-order valence-electron chi connectivity index (χ3n) is 3.74. The van der Waals surface area contributed by atoms with Gasteiger partial charge in [0, 0.05) is 11.1 Å². The molecule has 2 heterocycles. The van der Waals surface area contributed by atoms with E-state index in [1.165, 1.54) is 0 Å². The molecule has 2 saturated heterocycles. The minimum absolute atomic E-state index is 0.0654. The van der Waals surface area contributed by atoms with Gasteiger partial charge in [0.25, 0.3) is 0 Å². The largest absolute Gasteiger partial charge is 0.352 e. The first-order valence-corrected chi connectivity index (χ1v) is 6.51. The molecule has 3 rings (SSSR count). The van der Waals surface area contributed by atoms with Crippen molar-refractivity contribution in [2.24, 2.45) is 5.41 Å². The van der Waals surface area contributed by atoms with Gasteiger partial charge in [0.05, 0.1) is 0 Å². The highest BCUT2D eigenvalue weighted by Crippen LogP contribution is 2.37. The average molecular weight is 252 g/mol. The van der Waals surface area contributed by atoms with Crippen LogP contribution >= 0.6 is 0 Å². The number of nitrogens with zero attached hydrogens (tertiary/aromatic N) is 2. The average Bonchev–Trinajstić information content (AvgIpc) is 2.24. The van der Waals surface area contributed by atoms with E-state index in [-0.39, 0.29) is 5.81 Å². The molecule has 3 radical (unpaired) electrons. The predicted octanol–water partition coefficient (Wildman–Crippen LogP) is 0.847. The molecule has 0 aliphatic carbocycles. The Morgan fingerprint density at radius 2 is 2.11 bits per heavy atom. The summed E-state index contributed by atoms with van der Waals surface area (Å²) < 4.78 is 0. The van der Waals surface area contributed by atoms with Crippen molar-refractivity contribution < 1.29 is 4.79 Å². The van der Waals surface area contributed by atoms with Crippen molar-refractivity contribution in [3.8, 4) is 0 Å². The number of carbonyl (C=O) groups is 1. The Balaban J connectivity index is 1.45. The molecule has 2 aliphatic rings. The number of anilines is 1. The van der Waals surface area contributed by atoms with Gasteiger partial charge in [-0.1, -0.05) is 12.1 Å². The Labute approximate surface area is 115 Å². The summed E-state index contributed by atoms with van der Waals surface area (Å²) >= 11 is 0. The quantitative estimate of drug-likeness (QED) is 0.810. The molecule has 2 aliphatic heterocycles. The molecule has 1 aromatic carbocycles. The molecular formula is C13H16B2N3O. The van der Waals surface area contributed by atoms with E-state index in [0.29, 0.717) is 5.41 Å². The number of aryl methyl sites for hydroxylation is 1. The maximum Gasteiger partial charge on any atom is 0.329 e. The van der Waals surface area contributed by atoms with E-state index in [1.807, 2.05) is 36.0 Å². The van der Waals surface area contributed by atoms with Crippen LogP contribution in [0.2, 0.25) is 0 Å². The van der Waals surface area contributed by atoms with Crippen LogP contribution in [0.5, 0.6) is 0 Å². The zero-order valence-electron chi connectivity index (χ0n) is 11.1. The zero-order valence-corrected chi connectivity index (χ0v) is 11.1. The highest BCUT2D eigenvalue weighted by molar-refractivity contribution is 6.73. The summed E-state index contributed by atoms with van der Waals surface area (Å²) in [4.78, 5) is 15.7. The lowest BCUT2D eigenvalue weighted by molar-refractivity contribution is -0.0383. The van der Waals surface area contributed by atoms with E-state index in [4.69, 9.17) is 7.98 Å². The highest BCUT2D eigenvalue weighted by Gasteiger charge is 2.49. The Morgan fingerprint density at radius 3 is 2.74 bits per heavy atom. The van der Waals surface area contributed by atoms with Crippen LogP contribution in [0.25, 0.3) is 0 Å². The maximum atomic E-state index is 11.9. The van der Waals surface area contributed by atoms with Gasteiger partial charge in [-0.3, -0.25) is 4.79 Å². The molecular weight excluding hydrogens is 236 g/mol. The lowest BCUT2D eigenvalue weighted by Gasteiger charge is -2.60. The molecule has 0 atom stereocenters. The first-order chi connectivity index (χ1) is 9.05. The molecule has 1 aromatic rings. The van der Waals surface area contributed by atoms with Crippen LogP contribution in [0.4, 0.5) is 10.5 Å². The molecule has 19 heavy (non-hydrogen) atoms. The van der Waals surface area contributed by atoms with Gasteiger partial charge in [0.1, 0.15) is 0 Å². The van der Waals surface area contributed by atoms with Crippen molar-refractivity contribution in [1.82, 2.24) is 9.62 Å². The molecule has 95 valence electrons. The Kier molecular flexibility index (Phi) is 3.15. The minimum Gasteiger partial charge on any atom is -0.352 e. The smallest absolute Gasteiger partial charge is 0.329 e. The van der Waals surface area contributed by atoms with E-state index in [2.05, 4.69) is 10.1 Å². The lowest BCUT2D eigenvalue weighted by atomic mass is 9.66. The summed E-state index contributed by atoms with van der Waals surface area (Å²) in [5.41, 5.74) is 2.32. The van der Waals surface area contributed by atoms with Crippen molar-refractivity contribution in [3.05, 3.63) is 29.8 Å². The van der Waals surface area contributed by atoms with Crippen LogP contribution in [-0.2, 0) is 0 Å². The van der Waals surface area contributed by atoms with Crippen molar-refractivity contribution in [1.29, 1.82) is 0 Å². The molecule has 6 heteroatoms. The first-order valence-electron chi connectivity index (χ1n) is 6.51. The van der Waals surface area contributed by atoms with Gasteiger partial charge in [-0.2, -0.15) is 0 Å². The van der Waals surface area contributed by atoms with Crippen molar-refractivity contribution in [2.75, 3.05) is 31.5 Å². The minimum atomic E-state index is -0.0654.